The summed E-state index contributed by atoms with van der Waals surface area (Å²) in [6, 6.07) is 2.10. The highest BCUT2D eigenvalue weighted by atomic mass is 16.3. The van der Waals surface area contributed by atoms with E-state index in [-0.39, 0.29) is 11.9 Å². The van der Waals surface area contributed by atoms with E-state index in [9.17, 15) is 4.79 Å². The van der Waals surface area contributed by atoms with Gasteiger partial charge in [0.25, 0.3) is 5.91 Å². The number of piperidine rings is 1. The Bertz CT molecular complexity index is 697. The summed E-state index contributed by atoms with van der Waals surface area (Å²) in [6.45, 7) is 5.43. The fourth-order valence-corrected chi connectivity index (χ4v) is 3.81. The summed E-state index contributed by atoms with van der Waals surface area (Å²) in [5.74, 6) is 0.674. The molecule has 0 spiro atoms. The molecule has 2 aromatic heterocycles. The van der Waals surface area contributed by atoms with Crippen molar-refractivity contribution in [2.45, 2.75) is 32.2 Å². The van der Waals surface area contributed by atoms with Gasteiger partial charge >= 0.3 is 0 Å². The maximum atomic E-state index is 12.5. The van der Waals surface area contributed by atoms with E-state index in [0.29, 0.717) is 5.69 Å². The minimum absolute atomic E-state index is 0.0716. The SMILES string of the molecule is CCc1coc2cnc(C(=O)N[C@@H]3C[C@@H]4CCN(C4)C3)cc12. The molecule has 4 rings (SSSR count). The first kappa shape index (κ1) is 13.8. The molecule has 0 radical (unpaired) electrons. The van der Waals surface area contributed by atoms with Gasteiger partial charge < -0.3 is 14.6 Å². The quantitative estimate of drug-likeness (QED) is 0.944. The number of nitrogens with one attached hydrogen (secondary N) is 1. The lowest BCUT2D eigenvalue weighted by atomic mass is 9.97. The predicted octanol–water partition coefficient (Wildman–Crippen LogP) is 2.21. The minimum Gasteiger partial charge on any atom is -0.462 e. The third kappa shape index (κ3) is 2.39. The lowest BCUT2D eigenvalue weighted by Gasteiger charge is -2.30. The first-order valence-electron chi connectivity index (χ1n) is 8.12. The largest absolute Gasteiger partial charge is 0.462 e. The van der Waals surface area contributed by atoms with E-state index < -0.39 is 0 Å². The Labute approximate surface area is 129 Å². The second kappa shape index (κ2) is 5.39. The number of hydrogen-bond acceptors (Lipinski definition) is 4. The third-order valence-electron chi connectivity index (χ3n) is 4.96. The van der Waals surface area contributed by atoms with Crippen molar-refractivity contribution in [3.63, 3.8) is 0 Å². The van der Waals surface area contributed by atoms with E-state index in [0.717, 1.165) is 41.8 Å². The molecule has 5 nitrogen and oxygen atoms in total. The van der Waals surface area contributed by atoms with Crippen LogP contribution in [-0.2, 0) is 6.42 Å². The number of hydrogen-bond donors (Lipinski definition) is 1. The summed E-state index contributed by atoms with van der Waals surface area (Å²) < 4.78 is 5.46. The van der Waals surface area contributed by atoms with Crippen LogP contribution in [0.5, 0.6) is 0 Å². The van der Waals surface area contributed by atoms with Crippen molar-refractivity contribution in [2.75, 3.05) is 19.6 Å². The topological polar surface area (TPSA) is 58.4 Å². The van der Waals surface area contributed by atoms with Crippen LogP contribution in [0, 0.1) is 5.92 Å². The number of nitrogens with zero attached hydrogens (tertiary/aromatic N) is 2. The predicted molar refractivity (Wildman–Crippen MR) is 83.8 cm³/mol. The number of carbonyl (C=O) groups excluding carboxylic acids is 1. The molecule has 3 atom stereocenters. The van der Waals surface area contributed by atoms with Crippen molar-refractivity contribution in [1.29, 1.82) is 0 Å². The number of pyridine rings is 1. The van der Waals surface area contributed by atoms with E-state index in [4.69, 9.17) is 4.42 Å². The Kier molecular flexibility index (Phi) is 3.37. The summed E-state index contributed by atoms with van der Waals surface area (Å²) in [6.07, 6.45) is 6.65. The number of furan rings is 1. The molecule has 1 N–H and O–H groups in total. The molecule has 1 unspecified atom stereocenters. The van der Waals surface area contributed by atoms with Gasteiger partial charge in [-0.25, -0.2) is 4.98 Å². The number of fused-ring (bicyclic) bond motifs is 3. The smallest absolute Gasteiger partial charge is 0.270 e. The molecule has 1 amide bonds. The van der Waals surface area contributed by atoms with Gasteiger partial charge in [0.2, 0.25) is 0 Å². The van der Waals surface area contributed by atoms with Crippen LogP contribution in [0.3, 0.4) is 0 Å². The Morgan fingerprint density at radius 3 is 3.23 bits per heavy atom. The first-order chi connectivity index (χ1) is 10.7. The first-order valence-corrected chi connectivity index (χ1v) is 8.12. The molecule has 0 aliphatic carbocycles. The van der Waals surface area contributed by atoms with E-state index in [1.54, 1.807) is 12.5 Å². The van der Waals surface area contributed by atoms with Gasteiger partial charge in [-0.3, -0.25) is 4.79 Å². The Balaban J connectivity index is 1.52. The van der Waals surface area contributed by atoms with Gasteiger partial charge in [-0.05, 0) is 43.4 Å². The molecular formula is C17H21N3O2. The zero-order valence-electron chi connectivity index (χ0n) is 12.8. The lowest BCUT2D eigenvalue weighted by Crippen LogP contribution is -2.47. The van der Waals surface area contributed by atoms with Gasteiger partial charge in [0, 0.05) is 24.5 Å². The highest BCUT2D eigenvalue weighted by molar-refractivity contribution is 5.96. The molecule has 2 aliphatic heterocycles. The Morgan fingerprint density at radius 1 is 1.50 bits per heavy atom. The normalized spacial score (nSPS) is 27.2. The maximum absolute atomic E-state index is 12.5. The van der Waals surface area contributed by atoms with Crippen LogP contribution in [0.4, 0.5) is 0 Å². The summed E-state index contributed by atoms with van der Waals surface area (Å²) >= 11 is 0. The summed E-state index contributed by atoms with van der Waals surface area (Å²) in [4.78, 5) is 19.2. The molecule has 116 valence electrons. The van der Waals surface area contributed by atoms with Crippen LogP contribution < -0.4 is 5.32 Å². The van der Waals surface area contributed by atoms with Crippen molar-refractivity contribution in [2.24, 2.45) is 5.92 Å². The molecule has 2 aliphatic rings. The average Bonchev–Trinajstić information content (AvgIpc) is 3.09. The lowest BCUT2D eigenvalue weighted by molar-refractivity contribution is 0.0904. The average molecular weight is 299 g/mol. The monoisotopic (exact) mass is 299 g/mol. The van der Waals surface area contributed by atoms with Crippen LogP contribution in [0.1, 0.15) is 35.8 Å². The van der Waals surface area contributed by atoms with Gasteiger partial charge in [-0.1, -0.05) is 6.92 Å². The summed E-state index contributed by atoms with van der Waals surface area (Å²) in [7, 11) is 0. The molecule has 22 heavy (non-hydrogen) atoms. The molecule has 2 bridgehead atoms. The number of aromatic nitrogens is 1. The van der Waals surface area contributed by atoms with E-state index in [1.807, 2.05) is 6.07 Å². The fraction of sp³-hybridized carbons (Fsp3) is 0.529. The maximum Gasteiger partial charge on any atom is 0.270 e. The van der Waals surface area contributed by atoms with E-state index in [1.165, 1.54) is 19.5 Å². The second-order valence-electron chi connectivity index (χ2n) is 6.50. The molecule has 2 fully saturated rings. The summed E-state index contributed by atoms with van der Waals surface area (Å²) in [5, 5.41) is 4.15. The van der Waals surface area contributed by atoms with Crippen molar-refractivity contribution < 1.29 is 9.21 Å². The molecular weight excluding hydrogens is 278 g/mol. The Morgan fingerprint density at radius 2 is 2.41 bits per heavy atom. The van der Waals surface area contributed by atoms with Crippen LogP contribution in [-0.4, -0.2) is 41.5 Å². The standard InChI is InChI=1S/C17H21N3O2/c1-2-12-10-22-16-7-18-15(6-14(12)16)17(21)19-13-5-11-3-4-20(8-11)9-13/h6-7,10-11,13H,2-5,8-9H2,1H3,(H,19,21)/t11-,13+/m0/s1. The number of aryl methyl sites for hydroxylation is 1. The minimum atomic E-state index is -0.0716. The summed E-state index contributed by atoms with van der Waals surface area (Å²) in [5.41, 5.74) is 2.35. The van der Waals surface area contributed by atoms with Crippen LogP contribution in [0.15, 0.2) is 22.9 Å². The number of carbonyl (C=O) groups is 1. The zero-order chi connectivity index (χ0) is 15.1. The molecule has 5 heteroatoms. The van der Waals surface area contributed by atoms with Crippen LogP contribution in [0.25, 0.3) is 11.0 Å². The number of rotatable bonds is 3. The Hall–Kier alpha value is -1.88. The van der Waals surface area contributed by atoms with E-state index in [2.05, 4.69) is 22.1 Å². The number of amides is 1. The second-order valence-corrected chi connectivity index (χ2v) is 6.50. The molecule has 2 aromatic rings. The van der Waals surface area contributed by atoms with Gasteiger partial charge in [0.1, 0.15) is 5.69 Å². The highest BCUT2D eigenvalue weighted by Gasteiger charge is 2.33. The molecule has 2 saturated heterocycles. The van der Waals surface area contributed by atoms with Gasteiger partial charge in [0.05, 0.1) is 12.5 Å². The van der Waals surface area contributed by atoms with Crippen molar-refractivity contribution in [3.05, 3.63) is 29.8 Å². The van der Waals surface area contributed by atoms with E-state index >= 15 is 0 Å². The molecule has 0 aromatic carbocycles. The van der Waals surface area contributed by atoms with Gasteiger partial charge in [-0.2, -0.15) is 0 Å². The zero-order valence-corrected chi connectivity index (χ0v) is 12.8. The van der Waals surface area contributed by atoms with Crippen molar-refractivity contribution >= 4 is 16.9 Å². The third-order valence-corrected chi connectivity index (χ3v) is 4.96. The molecule has 4 heterocycles. The fourth-order valence-electron chi connectivity index (χ4n) is 3.81. The highest BCUT2D eigenvalue weighted by Crippen LogP contribution is 2.27. The van der Waals surface area contributed by atoms with Crippen LogP contribution in [0.2, 0.25) is 0 Å². The van der Waals surface area contributed by atoms with Crippen LogP contribution >= 0.6 is 0 Å². The van der Waals surface area contributed by atoms with Gasteiger partial charge in [-0.15, -0.1) is 0 Å². The molecule has 0 saturated carbocycles. The van der Waals surface area contributed by atoms with Crippen molar-refractivity contribution in [1.82, 2.24) is 15.2 Å². The van der Waals surface area contributed by atoms with Crippen molar-refractivity contribution in [3.8, 4) is 0 Å². The van der Waals surface area contributed by atoms with Gasteiger partial charge in [0.15, 0.2) is 5.58 Å².